The van der Waals surface area contributed by atoms with Gasteiger partial charge in [-0.25, -0.2) is 24.0 Å². The summed E-state index contributed by atoms with van der Waals surface area (Å²) in [5.41, 5.74) is 0.410. The van der Waals surface area contributed by atoms with Crippen LogP contribution >= 0.6 is 0 Å². The van der Waals surface area contributed by atoms with Gasteiger partial charge in [-0.05, 0) is 154 Å². The Kier molecular flexibility index (Phi) is 23.6. The molecule has 0 atom stereocenters. The molecule has 0 aliphatic heterocycles. The maximum absolute atomic E-state index is 13.6. The summed E-state index contributed by atoms with van der Waals surface area (Å²) in [7, 11) is 0. The molecule has 0 unspecified atom stereocenters. The van der Waals surface area contributed by atoms with Gasteiger partial charge in [0.05, 0.1) is 50.8 Å². The van der Waals surface area contributed by atoms with Crippen LogP contribution in [-0.2, 0) is 23.8 Å². The number of unbranched alkanes of at least 4 members (excludes halogenated alkanes) is 11. The first-order valence-electron chi connectivity index (χ1n) is 24.1. The zero-order valence-electron chi connectivity index (χ0n) is 39.9. The summed E-state index contributed by atoms with van der Waals surface area (Å²) in [4.78, 5) is 62.4. The standard InChI is InChI=1S/C57H64O13/c1-3-53(58)66-38-18-11-9-16-35-63-47-28-24-44(25-29-47)55(60)69-50-33-34-52(70-56(61)45-26-30-48(31-27-45)64-36-17-10-12-19-39-67-54(59)4-2)51(42-50)57(62)68-40-20-8-6-5-7-15-37-65-49-32-23-43-21-13-14-22-46(43)41-49/h3-4,13-14,21-34,41-42H,1-2,5-12,15-20,35-40H2. The molecule has 13 nitrogen and oxygen atoms in total. The molecule has 70 heavy (non-hydrogen) atoms. The SMILES string of the molecule is C=CC(=O)OCCCCCCOc1ccc(C(=O)Oc2ccc(OC(=O)c3ccc(OCCCCCCOC(=O)C=C)cc3)c(C(=O)OCCCCCCCCOc3ccc4ccccc4c3)c2)cc1. The first kappa shape index (κ1) is 53.5. The summed E-state index contributed by atoms with van der Waals surface area (Å²) in [6.07, 6.45) is 14.4. The van der Waals surface area contributed by atoms with Crippen LogP contribution in [0, 0.1) is 0 Å². The Morgan fingerprint density at radius 3 is 1.30 bits per heavy atom. The summed E-state index contributed by atoms with van der Waals surface area (Å²) < 4.78 is 44.6. The minimum absolute atomic E-state index is 0.0542. The van der Waals surface area contributed by atoms with Gasteiger partial charge in [0, 0.05) is 12.2 Å². The zero-order chi connectivity index (χ0) is 49.6. The molecule has 0 bridgehead atoms. The van der Waals surface area contributed by atoms with Gasteiger partial charge in [-0.15, -0.1) is 0 Å². The van der Waals surface area contributed by atoms with E-state index < -0.39 is 29.8 Å². The number of esters is 5. The molecule has 0 saturated heterocycles. The molecule has 0 fully saturated rings. The molecule has 0 aromatic heterocycles. The fourth-order valence-corrected chi connectivity index (χ4v) is 7.08. The van der Waals surface area contributed by atoms with E-state index in [0.29, 0.717) is 51.0 Å². The van der Waals surface area contributed by atoms with Crippen molar-refractivity contribution in [2.24, 2.45) is 0 Å². The van der Waals surface area contributed by atoms with Gasteiger partial charge in [0.1, 0.15) is 34.3 Å². The molecule has 0 radical (unpaired) electrons. The first-order chi connectivity index (χ1) is 34.2. The van der Waals surface area contributed by atoms with Gasteiger partial charge in [-0.2, -0.15) is 0 Å². The van der Waals surface area contributed by atoms with Gasteiger partial charge >= 0.3 is 29.8 Å². The maximum atomic E-state index is 13.6. The second-order valence-corrected chi connectivity index (χ2v) is 16.4. The fraction of sp³-hybridized carbons (Fsp3) is 0.351. The molecule has 0 spiro atoms. The highest BCUT2D eigenvalue weighted by molar-refractivity contribution is 5.97. The number of carbonyl (C=O) groups excluding carboxylic acids is 5. The molecule has 0 aliphatic rings. The minimum atomic E-state index is -0.731. The first-order valence-corrected chi connectivity index (χ1v) is 24.1. The van der Waals surface area contributed by atoms with Crippen LogP contribution < -0.4 is 23.7 Å². The second-order valence-electron chi connectivity index (χ2n) is 16.4. The predicted octanol–water partition coefficient (Wildman–Crippen LogP) is 12.2. The minimum Gasteiger partial charge on any atom is -0.494 e. The third-order valence-corrected chi connectivity index (χ3v) is 11.0. The molecule has 0 heterocycles. The van der Waals surface area contributed by atoms with Crippen molar-refractivity contribution in [2.75, 3.05) is 39.6 Å². The summed E-state index contributed by atoms with van der Waals surface area (Å²) in [6.45, 7) is 9.22. The van der Waals surface area contributed by atoms with E-state index in [9.17, 15) is 24.0 Å². The Bertz CT molecular complexity index is 2440. The van der Waals surface area contributed by atoms with Crippen LogP contribution in [0.3, 0.4) is 0 Å². The molecule has 5 aromatic rings. The Hall–Kier alpha value is -7.41. The van der Waals surface area contributed by atoms with E-state index in [1.165, 1.54) is 23.6 Å². The van der Waals surface area contributed by atoms with E-state index >= 15 is 0 Å². The van der Waals surface area contributed by atoms with Crippen molar-refractivity contribution in [2.45, 2.75) is 89.9 Å². The number of ether oxygens (including phenoxy) is 8. The number of benzene rings is 5. The molecule has 0 saturated carbocycles. The van der Waals surface area contributed by atoms with Crippen LogP contribution in [0.2, 0.25) is 0 Å². The molecule has 13 heteroatoms. The third-order valence-electron chi connectivity index (χ3n) is 11.0. The molecule has 5 aromatic carbocycles. The summed E-state index contributed by atoms with van der Waals surface area (Å²) in [6, 6.07) is 31.5. The van der Waals surface area contributed by atoms with E-state index in [2.05, 4.69) is 37.4 Å². The zero-order valence-corrected chi connectivity index (χ0v) is 39.9. The predicted molar refractivity (Wildman–Crippen MR) is 267 cm³/mol. The largest absolute Gasteiger partial charge is 0.494 e. The van der Waals surface area contributed by atoms with Gasteiger partial charge in [-0.3, -0.25) is 0 Å². The van der Waals surface area contributed by atoms with Gasteiger partial charge in [0.15, 0.2) is 0 Å². The van der Waals surface area contributed by atoms with Crippen LogP contribution in [0.15, 0.2) is 135 Å². The fourth-order valence-electron chi connectivity index (χ4n) is 7.08. The van der Waals surface area contributed by atoms with Crippen molar-refractivity contribution in [1.29, 1.82) is 0 Å². The molecule has 5 rings (SSSR count). The van der Waals surface area contributed by atoms with Gasteiger partial charge < -0.3 is 37.9 Å². The van der Waals surface area contributed by atoms with Gasteiger partial charge in [0.2, 0.25) is 0 Å². The van der Waals surface area contributed by atoms with E-state index in [-0.39, 0.29) is 34.8 Å². The van der Waals surface area contributed by atoms with Crippen molar-refractivity contribution < 1.29 is 61.9 Å². The highest BCUT2D eigenvalue weighted by Gasteiger charge is 2.21. The molecular formula is C57H64O13. The molecule has 370 valence electrons. The van der Waals surface area contributed by atoms with Crippen LogP contribution in [-0.4, -0.2) is 69.5 Å². The lowest BCUT2D eigenvalue weighted by Crippen LogP contribution is -2.14. The highest BCUT2D eigenvalue weighted by atomic mass is 16.6. The van der Waals surface area contributed by atoms with E-state index in [4.69, 9.17) is 37.9 Å². The number of hydrogen-bond acceptors (Lipinski definition) is 13. The van der Waals surface area contributed by atoms with Crippen molar-refractivity contribution in [3.63, 3.8) is 0 Å². The second kappa shape index (κ2) is 30.9. The number of hydrogen-bond donors (Lipinski definition) is 0. The third kappa shape index (κ3) is 19.7. The highest BCUT2D eigenvalue weighted by Crippen LogP contribution is 2.28. The van der Waals surface area contributed by atoms with E-state index in [0.717, 1.165) is 107 Å². The van der Waals surface area contributed by atoms with Gasteiger partial charge in [-0.1, -0.05) is 69.2 Å². The monoisotopic (exact) mass is 956 g/mol. The van der Waals surface area contributed by atoms with Crippen LogP contribution in [0.25, 0.3) is 10.8 Å². The van der Waals surface area contributed by atoms with Crippen LogP contribution in [0.4, 0.5) is 0 Å². The smallest absolute Gasteiger partial charge is 0.343 e. The average molecular weight is 957 g/mol. The lowest BCUT2D eigenvalue weighted by Gasteiger charge is -2.13. The molecule has 0 amide bonds. The Balaban J connectivity index is 1.09. The van der Waals surface area contributed by atoms with Crippen molar-refractivity contribution in [3.8, 4) is 28.7 Å². The van der Waals surface area contributed by atoms with Crippen molar-refractivity contribution >= 4 is 40.6 Å². The topological polar surface area (TPSA) is 159 Å². The summed E-state index contributed by atoms with van der Waals surface area (Å²) in [5, 5.41) is 2.33. The number of fused-ring (bicyclic) bond motifs is 1. The van der Waals surface area contributed by atoms with Crippen LogP contribution in [0.5, 0.6) is 28.7 Å². The average Bonchev–Trinajstić information content (AvgIpc) is 3.38. The Morgan fingerprint density at radius 2 is 0.786 bits per heavy atom. The summed E-state index contributed by atoms with van der Waals surface area (Å²) in [5.74, 6) is -0.929. The Morgan fingerprint density at radius 1 is 0.371 bits per heavy atom. The molecule has 0 N–H and O–H groups in total. The number of carbonyl (C=O) groups is 5. The van der Waals surface area contributed by atoms with E-state index in [1.54, 1.807) is 48.5 Å². The number of rotatable bonds is 33. The molecular weight excluding hydrogens is 893 g/mol. The Labute approximate surface area is 410 Å². The van der Waals surface area contributed by atoms with Crippen molar-refractivity contribution in [1.82, 2.24) is 0 Å². The van der Waals surface area contributed by atoms with Crippen molar-refractivity contribution in [3.05, 3.63) is 151 Å². The van der Waals surface area contributed by atoms with Crippen LogP contribution in [0.1, 0.15) is 121 Å². The lowest BCUT2D eigenvalue weighted by atomic mass is 10.1. The van der Waals surface area contributed by atoms with Gasteiger partial charge in [0.25, 0.3) is 0 Å². The molecule has 0 aliphatic carbocycles. The quantitative estimate of drug-likeness (QED) is 0.0129. The van der Waals surface area contributed by atoms with E-state index in [1.807, 2.05) is 18.2 Å². The maximum Gasteiger partial charge on any atom is 0.343 e. The summed E-state index contributed by atoms with van der Waals surface area (Å²) >= 11 is 0. The lowest BCUT2D eigenvalue weighted by molar-refractivity contribution is -0.138. The normalized spacial score (nSPS) is 10.7.